The van der Waals surface area contributed by atoms with E-state index in [1.54, 1.807) is 6.20 Å². The zero-order chi connectivity index (χ0) is 23.3. The predicted octanol–water partition coefficient (Wildman–Crippen LogP) is 2.48. The standard InChI is InChI=1S/C18H23N5O2.C2HF3O2/c1-22-8-2-3-14(22)18(24)23-9-10-25-12-15(23)17-19-7-6-16(21-17)20-11-13-4-5-13;3-2(4,5)1(6)7/h2-3,6-8,13,15H,4-5,9-12H2,1H3,(H,19,20,21);(H,6,7). The molecule has 2 N–H and O–H groups in total. The van der Waals surface area contributed by atoms with Crippen molar-refractivity contribution in [2.45, 2.75) is 25.1 Å². The van der Waals surface area contributed by atoms with Gasteiger partial charge in [-0.2, -0.15) is 13.2 Å². The second kappa shape index (κ2) is 9.98. The highest BCUT2D eigenvalue weighted by atomic mass is 19.4. The second-order valence-corrected chi connectivity index (χ2v) is 7.52. The molecule has 0 spiro atoms. The van der Waals surface area contributed by atoms with Crippen LogP contribution < -0.4 is 5.32 Å². The predicted molar refractivity (Wildman–Crippen MR) is 107 cm³/mol. The van der Waals surface area contributed by atoms with E-state index < -0.39 is 12.1 Å². The summed E-state index contributed by atoms with van der Waals surface area (Å²) in [5.74, 6) is -0.558. The molecule has 2 aliphatic rings. The van der Waals surface area contributed by atoms with E-state index in [9.17, 15) is 18.0 Å². The number of alkyl halides is 3. The number of nitrogens with zero attached hydrogens (tertiary/aromatic N) is 4. The Balaban J connectivity index is 0.000000360. The van der Waals surface area contributed by atoms with Gasteiger partial charge in [0.2, 0.25) is 0 Å². The third-order valence-corrected chi connectivity index (χ3v) is 5.04. The molecule has 1 atom stereocenters. The van der Waals surface area contributed by atoms with Crippen molar-refractivity contribution in [2.24, 2.45) is 13.0 Å². The average Bonchev–Trinajstić information content (AvgIpc) is 3.50. The van der Waals surface area contributed by atoms with E-state index in [0.29, 0.717) is 31.3 Å². The highest BCUT2D eigenvalue weighted by Gasteiger charge is 2.38. The molecule has 9 nitrogen and oxygen atoms in total. The Morgan fingerprint density at radius 1 is 1.31 bits per heavy atom. The first-order valence-corrected chi connectivity index (χ1v) is 10.0. The third-order valence-electron chi connectivity index (χ3n) is 5.04. The summed E-state index contributed by atoms with van der Waals surface area (Å²) in [5.41, 5.74) is 0.662. The van der Waals surface area contributed by atoms with Gasteiger partial charge >= 0.3 is 12.1 Å². The van der Waals surface area contributed by atoms with Crippen LogP contribution in [0.25, 0.3) is 0 Å². The number of morpholine rings is 1. The fraction of sp³-hybridized carbons (Fsp3) is 0.500. The lowest BCUT2D eigenvalue weighted by molar-refractivity contribution is -0.192. The summed E-state index contributed by atoms with van der Waals surface area (Å²) < 4.78 is 39.2. The van der Waals surface area contributed by atoms with Crippen molar-refractivity contribution in [3.63, 3.8) is 0 Å². The van der Waals surface area contributed by atoms with E-state index in [1.807, 2.05) is 40.9 Å². The van der Waals surface area contributed by atoms with E-state index in [-0.39, 0.29) is 11.9 Å². The Morgan fingerprint density at radius 2 is 2.03 bits per heavy atom. The monoisotopic (exact) mass is 455 g/mol. The summed E-state index contributed by atoms with van der Waals surface area (Å²) in [6, 6.07) is 5.32. The SMILES string of the molecule is Cn1cccc1C(=O)N1CCOCC1c1nccc(NCC2CC2)n1.O=C(O)C(F)(F)F. The molecule has 2 aromatic heterocycles. The zero-order valence-corrected chi connectivity index (χ0v) is 17.4. The van der Waals surface area contributed by atoms with Gasteiger partial charge in [0.1, 0.15) is 17.6 Å². The van der Waals surface area contributed by atoms with E-state index in [2.05, 4.69) is 15.3 Å². The van der Waals surface area contributed by atoms with E-state index in [1.165, 1.54) is 12.8 Å². The molecular weight excluding hydrogens is 431 g/mol. The molecule has 12 heteroatoms. The Bertz CT molecular complexity index is 945. The minimum Gasteiger partial charge on any atom is -0.475 e. The van der Waals surface area contributed by atoms with Crippen molar-refractivity contribution >= 4 is 17.7 Å². The summed E-state index contributed by atoms with van der Waals surface area (Å²) in [6.07, 6.45) is 1.12. The maximum absolute atomic E-state index is 13.0. The van der Waals surface area contributed by atoms with Crippen LogP contribution in [0.3, 0.4) is 0 Å². The molecule has 3 heterocycles. The number of carboxylic acids is 1. The largest absolute Gasteiger partial charge is 0.490 e. The molecule has 4 rings (SSSR count). The molecule has 0 radical (unpaired) electrons. The van der Waals surface area contributed by atoms with Crippen LogP contribution in [0, 0.1) is 5.92 Å². The first-order chi connectivity index (χ1) is 15.2. The maximum atomic E-state index is 13.0. The molecule has 1 saturated heterocycles. The summed E-state index contributed by atoms with van der Waals surface area (Å²) in [4.78, 5) is 32.7. The number of aryl methyl sites for hydroxylation is 1. The first kappa shape index (κ1) is 23.5. The summed E-state index contributed by atoms with van der Waals surface area (Å²) >= 11 is 0. The molecule has 1 saturated carbocycles. The van der Waals surface area contributed by atoms with E-state index in [0.717, 1.165) is 18.3 Å². The number of hydrogen-bond acceptors (Lipinski definition) is 6. The van der Waals surface area contributed by atoms with Gasteiger partial charge in [-0.25, -0.2) is 14.8 Å². The summed E-state index contributed by atoms with van der Waals surface area (Å²) in [7, 11) is 1.88. The fourth-order valence-electron chi connectivity index (χ4n) is 3.09. The number of carbonyl (C=O) groups excluding carboxylic acids is 1. The highest BCUT2D eigenvalue weighted by molar-refractivity contribution is 5.93. The van der Waals surface area contributed by atoms with Gasteiger partial charge < -0.3 is 24.6 Å². The number of nitrogens with one attached hydrogen (secondary N) is 1. The molecule has 1 aliphatic heterocycles. The Morgan fingerprint density at radius 3 is 2.62 bits per heavy atom. The number of aliphatic carboxylic acids is 1. The highest BCUT2D eigenvalue weighted by Crippen LogP contribution is 2.29. The van der Waals surface area contributed by atoms with E-state index in [4.69, 9.17) is 14.6 Å². The van der Waals surface area contributed by atoms with Crippen molar-refractivity contribution in [3.8, 4) is 0 Å². The first-order valence-electron chi connectivity index (χ1n) is 10.0. The fourth-order valence-corrected chi connectivity index (χ4v) is 3.09. The number of aromatic nitrogens is 3. The molecule has 1 unspecified atom stereocenters. The maximum Gasteiger partial charge on any atom is 0.490 e. The minimum absolute atomic E-state index is 0.0132. The molecule has 2 aromatic rings. The Labute approximate surface area is 182 Å². The van der Waals surface area contributed by atoms with Crippen LogP contribution in [0.15, 0.2) is 30.6 Å². The van der Waals surface area contributed by atoms with Crippen LogP contribution in [0.1, 0.15) is 35.2 Å². The second-order valence-electron chi connectivity index (χ2n) is 7.52. The lowest BCUT2D eigenvalue weighted by Crippen LogP contribution is -2.44. The van der Waals surface area contributed by atoms with E-state index >= 15 is 0 Å². The van der Waals surface area contributed by atoms with Gasteiger partial charge in [-0.3, -0.25) is 4.79 Å². The molecular formula is C20H24F3N5O4. The number of anilines is 1. The number of hydrogen-bond donors (Lipinski definition) is 2. The van der Waals surface area contributed by atoms with Crippen LogP contribution in [0.5, 0.6) is 0 Å². The van der Waals surface area contributed by atoms with Gasteiger partial charge in [-0.05, 0) is 37.0 Å². The zero-order valence-electron chi connectivity index (χ0n) is 17.4. The quantitative estimate of drug-likeness (QED) is 0.713. The molecule has 2 fully saturated rings. The van der Waals surface area contributed by atoms with Crippen LogP contribution in [-0.4, -0.2) is 68.9 Å². The van der Waals surface area contributed by atoms with Gasteiger partial charge in [-0.1, -0.05) is 0 Å². The molecule has 32 heavy (non-hydrogen) atoms. The molecule has 1 amide bonds. The molecule has 0 bridgehead atoms. The summed E-state index contributed by atoms with van der Waals surface area (Å²) in [5, 5.41) is 10.5. The normalized spacial score (nSPS) is 18.5. The topological polar surface area (TPSA) is 110 Å². The molecule has 174 valence electrons. The number of carbonyl (C=O) groups is 2. The molecule has 0 aromatic carbocycles. The Hall–Kier alpha value is -3.15. The van der Waals surface area contributed by atoms with Gasteiger partial charge in [0.15, 0.2) is 5.82 Å². The van der Waals surface area contributed by atoms with Crippen LogP contribution in [0.4, 0.5) is 19.0 Å². The van der Waals surface area contributed by atoms with Gasteiger partial charge in [0, 0.05) is 32.5 Å². The summed E-state index contributed by atoms with van der Waals surface area (Å²) in [6.45, 7) is 2.44. The van der Waals surface area contributed by atoms with Crippen molar-refractivity contribution in [2.75, 3.05) is 31.6 Å². The smallest absolute Gasteiger partial charge is 0.475 e. The number of carboxylic acid groups (broad SMARTS) is 1. The molecule has 1 aliphatic carbocycles. The van der Waals surface area contributed by atoms with Crippen LogP contribution >= 0.6 is 0 Å². The number of amides is 1. The van der Waals surface area contributed by atoms with Crippen molar-refractivity contribution in [3.05, 3.63) is 42.1 Å². The third kappa shape index (κ3) is 6.19. The van der Waals surface area contributed by atoms with Crippen molar-refractivity contribution in [1.82, 2.24) is 19.4 Å². The number of rotatable bonds is 5. The number of ether oxygens (including phenoxy) is 1. The van der Waals surface area contributed by atoms with Crippen LogP contribution in [-0.2, 0) is 16.6 Å². The van der Waals surface area contributed by atoms with Crippen molar-refractivity contribution in [1.29, 1.82) is 0 Å². The van der Waals surface area contributed by atoms with Gasteiger partial charge in [-0.15, -0.1) is 0 Å². The van der Waals surface area contributed by atoms with Crippen molar-refractivity contribution < 1.29 is 32.6 Å². The lowest BCUT2D eigenvalue weighted by Gasteiger charge is -2.34. The lowest BCUT2D eigenvalue weighted by atomic mass is 10.2. The average molecular weight is 455 g/mol. The van der Waals surface area contributed by atoms with Crippen LogP contribution in [0.2, 0.25) is 0 Å². The number of halogens is 3. The Kier molecular flexibility index (Phi) is 7.33. The van der Waals surface area contributed by atoms with Gasteiger partial charge in [0.05, 0.1) is 13.2 Å². The van der Waals surface area contributed by atoms with Gasteiger partial charge in [0.25, 0.3) is 5.91 Å². The minimum atomic E-state index is -5.08.